The Balaban J connectivity index is 1.36. The van der Waals surface area contributed by atoms with Gasteiger partial charge in [0, 0.05) is 29.4 Å². The second-order valence-corrected chi connectivity index (χ2v) is 7.14. The monoisotopic (exact) mass is 408 g/mol. The number of nitrogens with one attached hydrogen (secondary N) is 2. The molecule has 156 valence electrons. The van der Waals surface area contributed by atoms with Gasteiger partial charge in [0.15, 0.2) is 0 Å². The lowest BCUT2D eigenvalue weighted by molar-refractivity contribution is 0.0666. The van der Waals surface area contributed by atoms with E-state index in [-0.39, 0.29) is 30.2 Å². The van der Waals surface area contributed by atoms with Gasteiger partial charge in [0.1, 0.15) is 23.7 Å². The lowest BCUT2D eigenvalue weighted by atomic mass is 10.0. The molecule has 2 heterocycles. The van der Waals surface area contributed by atoms with Gasteiger partial charge in [-0.15, -0.1) is 0 Å². The summed E-state index contributed by atoms with van der Waals surface area (Å²) in [7, 11) is 3.12. The second kappa shape index (κ2) is 9.08. The van der Waals surface area contributed by atoms with E-state index >= 15 is 0 Å². The van der Waals surface area contributed by atoms with Gasteiger partial charge in [0.05, 0.1) is 39.4 Å². The van der Waals surface area contributed by atoms with E-state index in [1.807, 2.05) is 30.3 Å². The molecular formula is C23H24N2O5. The molecule has 4 atom stereocenters. The molecule has 2 amide bonds. The van der Waals surface area contributed by atoms with Crippen molar-refractivity contribution in [1.29, 1.82) is 0 Å². The molecule has 7 heteroatoms. The Labute approximate surface area is 175 Å². The van der Waals surface area contributed by atoms with E-state index in [1.54, 1.807) is 32.4 Å². The van der Waals surface area contributed by atoms with Crippen molar-refractivity contribution in [3.63, 3.8) is 0 Å². The standard InChI is InChI=1S/C23H24N2O5/c1-27-18-10-17(11-19(12-18)28-2)24-23(26)25-20-14-30-21-16(13-29-22(20)21)9-8-15-6-4-3-5-7-15/h3-7,10-12,16,20-22H,13-14H2,1-2H3,(H2,24,25,26)/t16-,20+,21?,22-/m1/s1. The number of rotatable bonds is 4. The van der Waals surface area contributed by atoms with E-state index in [1.165, 1.54) is 0 Å². The number of benzene rings is 2. The first-order valence-corrected chi connectivity index (χ1v) is 9.76. The smallest absolute Gasteiger partial charge is 0.319 e. The first-order chi connectivity index (χ1) is 14.7. The van der Waals surface area contributed by atoms with Gasteiger partial charge < -0.3 is 29.6 Å². The molecular weight excluding hydrogens is 384 g/mol. The minimum absolute atomic E-state index is 0.0206. The Morgan fingerprint density at radius 3 is 2.40 bits per heavy atom. The molecule has 0 spiro atoms. The minimum atomic E-state index is -0.345. The van der Waals surface area contributed by atoms with Crippen LogP contribution in [0.4, 0.5) is 10.5 Å². The number of carbonyl (C=O) groups is 1. The van der Waals surface area contributed by atoms with Crippen LogP contribution < -0.4 is 20.1 Å². The number of urea groups is 1. The summed E-state index contributed by atoms with van der Waals surface area (Å²) in [6.07, 6.45) is -0.367. The number of methoxy groups -OCH3 is 2. The van der Waals surface area contributed by atoms with Crippen molar-refractivity contribution in [2.24, 2.45) is 5.92 Å². The Morgan fingerprint density at radius 1 is 1.00 bits per heavy atom. The summed E-state index contributed by atoms with van der Waals surface area (Å²) in [5, 5.41) is 5.75. The lowest BCUT2D eigenvalue weighted by Gasteiger charge is -2.18. The maximum absolute atomic E-state index is 12.5. The number of hydrogen-bond donors (Lipinski definition) is 2. The van der Waals surface area contributed by atoms with Gasteiger partial charge in [-0.25, -0.2) is 4.79 Å². The molecule has 0 saturated carbocycles. The average molecular weight is 408 g/mol. The summed E-state index contributed by atoms with van der Waals surface area (Å²) in [6, 6.07) is 14.4. The van der Waals surface area contributed by atoms with Crippen LogP contribution in [-0.2, 0) is 9.47 Å². The normalized spacial score (nSPS) is 24.3. The zero-order valence-electron chi connectivity index (χ0n) is 16.9. The number of carbonyl (C=O) groups excluding carboxylic acids is 1. The van der Waals surface area contributed by atoms with E-state index in [0.29, 0.717) is 30.4 Å². The molecule has 2 aliphatic heterocycles. The SMILES string of the molecule is COc1cc(NC(=O)N[C@H]2COC3[C@H](C#Cc4ccccc4)CO[C@@H]32)cc(OC)c1. The Kier molecular flexibility index (Phi) is 6.07. The maximum atomic E-state index is 12.5. The van der Waals surface area contributed by atoms with Crippen LogP contribution in [0.2, 0.25) is 0 Å². The summed E-state index contributed by atoms with van der Waals surface area (Å²) in [5.41, 5.74) is 1.53. The number of ether oxygens (including phenoxy) is 4. The Hall–Kier alpha value is -3.21. The van der Waals surface area contributed by atoms with Crippen LogP contribution in [-0.4, -0.2) is 51.7 Å². The summed E-state index contributed by atoms with van der Waals surface area (Å²) in [4.78, 5) is 12.5. The molecule has 2 aliphatic rings. The summed E-state index contributed by atoms with van der Waals surface area (Å²) >= 11 is 0. The summed E-state index contributed by atoms with van der Waals surface area (Å²) in [6.45, 7) is 0.871. The molecule has 0 radical (unpaired) electrons. The minimum Gasteiger partial charge on any atom is -0.497 e. The molecule has 30 heavy (non-hydrogen) atoms. The van der Waals surface area contributed by atoms with Gasteiger partial charge in [-0.3, -0.25) is 0 Å². The number of amides is 2. The molecule has 0 aliphatic carbocycles. The topological polar surface area (TPSA) is 78.1 Å². The first-order valence-electron chi connectivity index (χ1n) is 9.76. The predicted molar refractivity (Wildman–Crippen MR) is 112 cm³/mol. The quantitative estimate of drug-likeness (QED) is 0.761. The van der Waals surface area contributed by atoms with Crippen molar-refractivity contribution in [3.05, 3.63) is 54.1 Å². The fourth-order valence-corrected chi connectivity index (χ4v) is 3.66. The highest BCUT2D eigenvalue weighted by atomic mass is 16.6. The fourth-order valence-electron chi connectivity index (χ4n) is 3.66. The first kappa shape index (κ1) is 20.1. The van der Waals surface area contributed by atoms with Gasteiger partial charge in [0.25, 0.3) is 0 Å². The predicted octanol–water partition coefficient (Wildman–Crippen LogP) is 2.66. The fraction of sp³-hybridized carbons (Fsp3) is 0.348. The van der Waals surface area contributed by atoms with Gasteiger partial charge in [0.2, 0.25) is 0 Å². The van der Waals surface area contributed by atoms with Crippen molar-refractivity contribution in [3.8, 4) is 23.3 Å². The van der Waals surface area contributed by atoms with Crippen LogP contribution in [0.1, 0.15) is 5.56 Å². The largest absolute Gasteiger partial charge is 0.497 e. The van der Waals surface area contributed by atoms with Gasteiger partial charge in [-0.2, -0.15) is 0 Å². The highest BCUT2D eigenvalue weighted by Crippen LogP contribution is 2.31. The van der Waals surface area contributed by atoms with Gasteiger partial charge in [-0.1, -0.05) is 30.0 Å². The van der Waals surface area contributed by atoms with Crippen LogP contribution in [0.3, 0.4) is 0 Å². The molecule has 2 aromatic carbocycles. The van der Waals surface area contributed by atoms with Crippen molar-refractivity contribution in [2.45, 2.75) is 18.2 Å². The number of fused-ring (bicyclic) bond motifs is 1. The highest BCUT2D eigenvalue weighted by Gasteiger charge is 2.47. The second-order valence-electron chi connectivity index (χ2n) is 7.14. The van der Waals surface area contributed by atoms with E-state index in [0.717, 1.165) is 5.56 Å². The van der Waals surface area contributed by atoms with Crippen molar-refractivity contribution < 1.29 is 23.7 Å². The summed E-state index contributed by atoms with van der Waals surface area (Å²) in [5.74, 6) is 7.59. The highest BCUT2D eigenvalue weighted by molar-refractivity contribution is 5.90. The zero-order valence-corrected chi connectivity index (χ0v) is 16.9. The molecule has 0 aromatic heterocycles. The van der Waals surface area contributed by atoms with Crippen molar-refractivity contribution >= 4 is 11.7 Å². The molecule has 2 aromatic rings. The third kappa shape index (κ3) is 4.51. The number of anilines is 1. The average Bonchev–Trinajstić information content (AvgIpc) is 3.35. The van der Waals surface area contributed by atoms with Crippen molar-refractivity contribution in [2.75, 3.05) is 32.8 Å². The third-order valence-corrected chi connectivity index (χ3v) is 5.15. The van der Waals surface area contributed by atoms with Crippen LogP contribution in [0.15, 0.2) is 48.5 Å². The Morgan fingerprint density at radius 2 is 1.70 bits per heavy atom. The van der Waals surface area contributed by atoms with Crippen LogP contribution in [0.5, 0.6) is 11.5 Å². The van der Waals surface area contributed by atoms with E-state index < -0.39 is 0 Å². The molecule has 7 nitrogen and oxygen atoms in total. The van der Waals surface area contributed by atoms with Crippen LogP contribution in [0.25, 0.3) is 0 Å². The zero-order chi connectivity index (χ0) is 20.9. The molecule has 1 unspecified atom stereocenters. The van der Waals surface area contributed by atoms with Crippen molar-refractivity contribution in [1.82, 2.24) is 5.32 Å². The van der Waals surface area contributed by atoms with E-state index in [9.17, 15) is 4.79 Å². The molecule has 2 N–H and O–H groups in total. The van der Waals surface area contributed by atoms with E-state index in [4.69, 9.17) is 18.9 Å². The maximum Gasteiger partial charge on any atom is 0.319 e. The van der Waals surface area contributed by atoms with Crippen LogP contribution >= 0.6 is 0 Å². The van der Waals surface area contributed by atoms with Gasteiger partial charge >= 0.3 is 6.03 Å². The molecule has 4 rings (SSSR count). The van der Waals surface area contributed by atoms with Crippen LogP contribution in [0, 0.1) is 17.8 Å². The molecule has 2 fully saturated rings. The lowest BCUT2D eigenvalue weighted by Crippen LogP contribution is -2.45. The Bertz CT molecular complexity index is 931. The number of hydrogen-bond acceptors (Lipinski definition) is 5. The van der Waals surface area contributed by atoms with E-state index in [2.05, 4.69) is 22.5 Å². The molecule has 0 bridgehead atoms. The van der Waals surface area contributed by atoms with Gasteiger partial charge in [-0.05, 0) is 12.1 Å². The summed E-state index contributed by atoms with van der Waals surface area (Å²) < 4.78 is 22.3. The third-order valence-electron chi connectivity index (χ3n) is 5.15. The molecule has 2 saturated heterocycles.